The minimum Gasteiger partial charge on any atom is -0.490 e. The standard InChI is InChI=1S/C13H16O3/c1-9-5-10(8-13(14)15-2)7-12(6-9)16-11-3-4-11/h5-7,11H,3-4,8H2,1-2H3. The first-order chi connectivity index (χ1) is 7.67. The van der Waals surface area contributed by atoms with Crippen LogP contribution in [0.4, 0.5) is 0 Å². The van der Waals surface area contributed by atoms with Gasteiger partial charge in [0.15, 0.2) is 0 Å². The van der Waals surface area contributed by atoms with Crippen molar-refractivity contribution in [3.63, 3.8) is 0 Å². The summed E-state index contributed by atoms with van der Waals surface area (Å²) in [7, 11) is 1.40. The number of hydrogen-bond donors (Lipinski definition) is 0. The van der Waals surface area contributed by atoms with Crippen LogP contribution in [0.2, 0.25) is 0 Å². The van der Waals surface area contributed by atoms with E-state index in [2.05, 4.69) is 4.74 Å². The molecule has 16 heavy (non-hydrogen) atoms. The van der Waals surface area contributed by atoms with Crippen LogP contribution < -0.4 is 4.74 Å². The summed E-state index contributed by atoms with van der Waals surface area (Å²) in [6.07, 6.45) is 2.97. The van der Waals surface area contributed by atoms with Crippen molar-refractivity contribution in [2.75, 3.05) is 7.11 Å². The number of carbonyl (C=O) groups excluding carboxylic acids is 1. The van der Waals surface area contributed by atoms with Gasteiger partial charge in [-0.2, -0.15) is 0 Å². The van der Waals surface area contributed by atoms with Gasteiger partial charge in [0.25, 0.3) is 0 Å². The zero-order chi connectivity index (χ0) is 11.5. The van der Waals surface area contributed by atoms with E-state index in [1.807, 2.05) is 25.1 Å². The van der Waals surface area contributed by atoms with Gasteiger partial charge in [-0.3, -0.25) is 4.79 Å². The third kappa shape index (κ3) is 2.99. The van der Waals surface area contributed by atoms with E-state index in [9.17, 15) is 4.79 Å². The summed E-state index contributed by atoms with van der Waals surface area (Å²) in [5.74, 6) is 0.643. The van der Waals surface area contributed by atoms with Gasteiger partial charge >= 0.3 is 5.97 Å². The van der Waals surface area contributed by atoms with Crippen LogP contribution in [-0.2, 0) is 16.0 Å². The van der Waals surface area contributed by atoms with Crippen molar-refractivity contribution in [1.82, 2.24) is 0 Å². The van der Waals surface area contributed by atoms with Crippen molar-refractivity contribution in [1.29, 1.82) is 0 Å². The summed E-state index contributed by atoms with van der Waals surface area (Å²) in [5, 5.41) is 0. The van der Waals surface area contributed by atoms with Gasteiger partial charge in [0.05, 0.1) is 19.6 Å². The topological polar surface area (TPSA) is 35.5 Å². The fourth-order valence-electron chi connectivity index (χ4n) is 1.61. The summed E-state index contributed by atoms with van der Waals surface area (Å²) < 4.78 is 10.4. The van der Waals surface area contributed by atoms with Crippen LogP contribution in [-0.4, -0.2) is 19.2 Å². The van der Waals surface area contributed by atoms with E-state index in [1.54, 1.807) is 0 Å². The smallest absolute Gasteiger partial charge is 0.309 e. The molecule has 0 N–H and O–H groups in total. The zero-order valence-corrected chi connectivity index (χ0v) is 9.66. The average Bonchev–Trinajstić information content (AvgIpc) is 3.00. The van der Waals surface area contributed by atoms with Crippen molar-refractivity contribution in [2.45, 2.75) is 32.3 Å². The molecule has 86 valence electrons. The summed E-state index contributed by atoms with van der Waals surface area (Å²) in [4.78, 5) is 11.2. The quantitative estimate of drug-likeness (QED) is 0.730. The molecule has 1 aromatic rings. The van der Waals surface area contributed by atoms with Gasteiger partial charge in [0, 0.05) is 0 Å². The van der Waals surface area contributed by atoms with E-state index < -0.39 is 0 Å². The molecular weight excluding hydrogens is 204 g/mol. The number of carbonyl (C=O) groups is 1. The van der Waals surface area contributed by atoms with Crippen molar-refractivity contribution in [2.24, 2.45) is 0 Å². The Hall–Kier alpha value is -1.51. The van der Waals surface area contributed by atoms with Crippen LogP contribution in [0.25, 0.3) is 0 Å². The van der Waals surface area contributed by atoms with Crippen molar-refractivity contribution in [3.8, 4) is 5.75 Å². The molecular formula is C13H16O3. The molecule has 1 aliphatic rings. The maximum atomic E-state index is 11.2. The summed E-state index contributed by atoms with van der Waals surface area (Å²) in [6.45, 7) is 2.00. The second-order valence-electron chi connectivity index (χ2n) is 4.22. The number of esters is 1. The highest BCUT2D eigenvalue weighted by Gasteiger charge is 2.23. The van der Waals surface area contributed by atoms with Crippen LogP contribution in [0.15, 0.2) is 18.2 Å². The molecule has 0 aliphatic heterocycles. The lowest BCUT2D eigenvalue weighted by atomic mass is 10.1. The molecule has 0 aromatic heterocycles. The van der Waals surface area contributed by atoms with E-state index in [0.717, 1.165) is 29.7 Å². The molecule has 0 amide bonds. The minimum absolute atomic E-state index is 0.219. The van der Waals surface area contributed by atoms with Gasteiger partial charge in [-0.25, -0.2) is 0 Å². The zero-order valence-electron chi connectivity index (χ0n) is 9.66. The summed E-state index contributed by atoms with van der Waals surface area (Å²) in [6, 6.07) is 5.90. The SMILES string of the molecule is COC(=O)Cc1cc(C)cc(OC2CC2)c1. The molecule has 1 saturated carbocycles. The molecule has 3 nitrogen and oxygen atoms in total. The Bertz CT molecular complexity index is 394. The van der Waals surface area contributed by atoms with Crippen LogP contribution in [0.5, 0.6) is 5.75 Å². The maximum absolute atomic E-state index is 11.2. The minimum atomic E-state index is -0.219. The molecule has 0 spiro atoms. The molecule has 0 bridgehead atoms. The number of ether oxygens (including phenoxy) is 2. The molecule has 1 aromatic carbocycles. The molecule has 0 heterocycles. The number of methoxy groups -OCH3 is 1. The van der Waals surface area contributed by atoms with E-state index in [-0.39, 0.29) is 5.97 Å². The predicted octanol–water partition coefficient (Wildman–Crippen LogP) is 2.25. The number of aryl methyl sites for hydroxylation is 1. The molecule has 1 fully saturated rings. The van der Waals surface area contributed by atoms with Crippen LogP contribution >= 0.6 is 0 Å². The number of benzene rings is 1. The van der Waals surface area contributed by atoms with Gasteiger partial charge in [-0.1, -0.05) is 6.07 Å². The second-order valence-corrected chi connectivity index (χ2v) is 4.22. The number of rotatable bonds is 4. The van der Waals surface area contributed by atoms with Crippen LogP contribution in [0, 0.1) is 6.92 Å². The first-order valence-corrected chi connectivity index (χ1v) is 5.51. The third-order valence-corrected chi connectivity index (χ3v) is 2.51. The Labute approximate surface area is 95.4 Å². The lowest BCUT2D eigenvalue weighted by Crippen LogP contribution is -2.05. The Kier molecular flexibility index (Phi) is 3.13. The van der Waals surface area contributed by atoms with Gasteiger partial charge < -0.3 is 9.47 Å². The third-order valence-electron chi connectivity index (χ3n) is 2.51. The van der Waals surface area contributed by atoms with E-state index in [4.69, 9.17) is 4.74 Å². The normalized spacial score (nSPS) is 14.6. The lowest BCUT2D eigenvalue weighted by molar-refractivity contribution is -0.139. The average molecular weight is 220 g/mol. The van der Waals surface area contributed by atoms with E-state index >= 15 is 0 Å². The Morgan fingerprint density at radius 1 is 1.38 bits per heavy atom. The first kappa shape index (κ1) is 11.0. The molecule has 3 heteroatoms. The van der Waals surface area contributed by atoms with Crippen LogP contribution in [0.1, 0.15) is 24.0 Å². The van der Waals surface area contributed by atoms with Crippen molar-refractivity contribution in [3.05, 3.63) is 29.3 Å². The van der Waals surface area contributed by atoms with Crippen LogP contribution in [0.3, 0.4) is 0 Å². The van der Waals surface area contributed by atoms with E-state index in [0.29, 0.717) is 12.5 Å². The monoisotopic (exact) mass is 220 g/mol. The first-order valence-electron chi connectivity index (χ1n) is 5.51. The highest BCUT2D eigenvalue weighted by molar-refractivity contribution is 5.72. The van der Waals surface area contributed by atoms with Gasteiger partial charge in [-0.15, -0.1) is 0 Å². The predicted molar refractivity (Wildman–Crippen MR) is 60.5 cm³/mol. The lowest BCUT2D eigenvalue weighted by Gasteiger charge is -2.08. The fraction of sp³-hybridized carbons (Fsp3) is 0.462. The molecule has 1 aliphatic carbocycles. The van der Waals surface area contributed by atoms with Crippen molar-refractivity contribution < 1.29 is 14.3 Å². The molecule has 2 rings (SSSR count). The summed E-state index contributed by atoms with van der Waals surface area (Å²) >= 11 is 0. The highest BCUT2D eigenvalue weighted by atomic mass is 16.5. The number of hydrogen-bond acceptors (Lipinski definition) is 3. The van der Waals surface area contributed by atoms with Gasteiger partial charge in [-0.05, 0) is 43.0 Å². The molecule has 0 unspecified atom stereocenters. The Morgan fingerprint density at radius 2 is 2.12 bits per heavy atom. The van der Waals surface area contributed by atoms with Gasteiger partial charge in [0.1, 0.15) is 5.75 Å². The van der Waals surface area contributed by atoms with E-state index in [1.165, 1.54) is 7.11 Å². The largest absolute Gasteiger partial charge is 0.490 e. The molecule has 0 saturated heterocycles. The van der Waals surface area contributed by atoms with Gasteiger partial charge in [0.2, 0.25) is 0 Å². The van der Waals surface area contributed by atoms with Crippen molar-refractivity contribution >= 4 is 5.97 Å². The molecule has 0 radical (unpaired) electrons. The Balaban J connectivity index is 2.10. The maximum Gasteiger partial charge on any atom is 0.309 e. The Morgan fingerprint density at radius 3 is 2.75 bits per heavy atom. The summed E-state index contributed by atoms with van der Waals surface area (Å²) in [5.41, 5.74) is 2.06. The second kappa shape index (κ2) is 4.56. The molecule has 0 atom stereocenters. The fourth-order valence-corrected chi connectivity index (χ4v) is 1.61. The highest BCUT2D eigenvalue weighted by Crippen LogP contribution is 2.28.